The van der Waals surface area contributed by atoms with Crippen LogP contribution in [0.1, 0.15) is 0 Å². The molecule has 0 spiro atoms. The fraction of sp³-hybridized carbons (Fsp3) is 0. The van der Waals surface area contributed by atoms with Crippen molar-refractivity contribution in [3.63, 3.8) is 0 Å². The summed E-state index contributed by atoms with van der Waals surface area (Å²) in [6.07, 6.45) is 0. The van der Waals surface area contributed by atoms with E-state index in [9.17, 15) is 0 Å². The summed E-state index contributed by atoms with van der Waals surface area (Å²) < 4.78 is 0. The molecular formula is C40H26. The molecule has 0 radical (unpaired) electrons. The first kappa shape index (κ1) is 22.8. The smallest absolute Gasteiger partial charge is 0.00206 e. The standard InChI is InChI=1S/C40H26/c1-2-12-29-24-33(23-22-27(29)10-1)37-20-9-21-38-39(26-32-13-4-6-18-36(32)40(37)38)31-16-7-15-30(25-31)35-19-8-14-28-11-3-5-17-34(28)35/h1-26H. The molecule has 0 aliphatic rings. The van der Waals surface area contributed by atoms with Gasteiger partial charge in [0.1, 0.15) is 0 Å². The molecule has 0 bridgehead atoms. The van der Waals surface area contributed by atoms with Crippen molar-refractivity contribution in [1.82, 2.24) is 0 Å². The van der Waals surface area contributed by atoms with Crippen molar-refractivity contribution in [3.05, 3.63) is 158 Å². The highest BCUT2D eigenvalue weighted by atomic mass is 14.2. The van der Waals surface area contributed by atoms with Gasteiger partial charge in [-0.05, 0) is 94.7 Å². The highest BCUT2D eigenvalue weighted by Crippen LogP contribution is 2.41. The highest BCUT2D eigenvalue weighted by molar-refractivity contribution is 6.19. The molecule has 0 aromatic heterocycles. The van der Waals surface area contributed by atoms with E-state index in [0.29, 0.717) is 0 Å². The first-order valence-electron chi connectivity index (χ1n) is 13.9. The van der Waals surface area contributed by atoms with Gasteiger partial charge in [-0.15, -0.1) is 0 Å². The number of rotatable bonds is 3. The predicted molar refractivity (Wildman–Crippen MR) is 173 cm³/mol. The van der Waals surface area contributed by atoms with Crippen molar-refractivity contribution < 1.29 is 0 Å². The van der Waals surface area contributed by atoms with Crippen LogP contribution in [-0.4, -0.2) is 0 Å². The van der Waals surface area contributed by atoms with Crippen LogP contribution in [0.25, 0.3) is 76.5 Å². The van der Waals surface area contributed by atoms with Gasteiger partial charge in [0.05, 0.1) is 0 Å². The van der Waals surface area contributed by atoms with E-state index < -0.39 is 0 Å². The molecule has 0 unspecified atom stereocenters. The second kappa shape index (κ2) is 9.22. The lowest BCUT2D eigenvalue weighted by Crippen LogP contribution is -1.89. The van der Waals surface area contributed by atoms with Crippen molar-refractivity contribution in [3.8, 4) is 33.4 Å². The maximum Gasteiger partial charge on any atom is -0.00206 e. The van der Waals surface area contributed by atoms with Crippen LogP contribution in [0.3, 0.4) is 0 Å². The average Bonchev–Trinajstić information content (AvgIpc) is 3.03. The molecule has 0 amide bonds. The summed E-state index contributed by atoms with van der Waals surface area (Å²) >= 11 is 0. The van der Waals surface area contributed by atoms with Crippen LogP contribution in [0.5, 0.6) is 0 Å². The predicted octanol–water partition coefficient (Wildman–Crippen LogP) is 11.3. The van der Waals surface area contributed by atoms with Crippen LogP contribution >= 0.6 is 0 Å². The second-order valence-corrected chi connectivity index (χ2v) is 10.5. The molecule has 0 N–H and O–H groups in total. The lowest BCUT2D eigenvalue weighted by atomic mass is 9.87. The van der Waals surface area contributed by atoms with Crippen molar-refractivity contribution in [2.24, 2.45) is 0 Å². The highest BCUT2D eigenvalue weighted by Gasteiger charge is 2.14. The van der Waals surface area contributed by atoms with Gasteiger partial charge in [0, 0.05) is 0 Å². The summed E-state index contributed by atoms with van der Waals surface area (Å²) in [5, 5.41) is 10.2. The van der Waals surface area contributed by atoms with E-state index in [-0.39, 0.29) is 0 Å². The Morgan fingerprint density at radius 3 is 1.70 bits per heavy atom. The van der Waals surface area contributed by atoms with Gasteiger partial charge in [0.15, 0.2) is 0 Å². The molecule has 0 saturated carbocycles. The Morgan fingerprint density at radius 1 is 0.250 bits per heavy atom. The SMILES string of the molecule is c1cc(-c2cccc3ccccc23)cc(-c2cc3ccccc3c3c(-c4ccc5ccccc5c4)cccc23)c1. The molecule has 8 aromatic rings. The van der Waals surface area contributed by atoms with E-state index >= 15 is 0 Å². The zero-order valence-electron chi connectivity index (χ0n) is 22.0. The second-order valence-electron chi connectivity index (χ2n) is 10.5. The lowest BCUT2D eigenvalue weighted by molar-refractivity contribution is 1.63. The minimum Gasteiger partial charge on any atom is -0.0616 e. The lowest BCUT2D eigenvalue weighted by Gasteiger charge is -2.16. The van der Waals surface area contributed by atoms with Gasteiger partial charge in [-0.2, -0.15) is 0 Å². The third-order valence-corrected chi connectivity index (χ3v) is 8.22. The zero-order valence-corrected chi connectivity index (χ0v) is 22.0. The molecule has 0 aliphatic carbocycles. The maximum atomic E-state index is 2.37. The molecule has 0 saturated heterocycles. The molecule has 0 aliphatic heterocycles. The van der Waals surface area contributed by atoms with Crippen LogP contribution < -0.4 is 0 Å². The fourth-order valence-corrected chi connectivity index (χ4v) is 6.32. The van der Waals surface area contributed by atoms with Crippen LogP contribution in [0.15, 0.2) is 158 Å². The van der Waals surface area contributed by atoms with Crippen molar-refractivity contribution >= 4 is 43.1 Å². The topological polar surface area (TPSA) is 0 Å². The molecular weight excluding hydrogens is 480 g/mol. The van der Waals surface area contributed by atoms with E-state index in [1.165, 1.54) is 76.5 Å². The first-order valence-corrected chi connectivity index (χ1v) is 13.9. The van der Waals surface area contributed by atoms with Crippen LogP contribution in [0, 0.1) is 0 Å². The van der Waals surface area contributed by atoms with Gasteiger partial charge in [0.25, 0.3) is 0 Å². The van der Waals surface area contributed by atoms with E-state index in [1.54, 1.807) is 0 Å². The maximum absolute atomic E-state index is 2.37. The third-order valence-electron chi connectivity index (χ3n) is 8.22. The van der Waals surface area contributed by atoms with Gasteiger partial charge < -0.3 is 0 Å². The summed E-state index contributed by atoms with van der Waals surface area (Å²) in [6.45, 7) is 0. The first-order chi connectivity index (χ1) is 19.8. The molecule has 40 heavy (non-hydrogen) atoms. The van der Waals surface area contributed by atoms with Crippen molar-refractivity contribution in [2.45, 2.75) is 0 Å². The summed E-state index contributed by atoms with van der Waals surface area (Å²) in [4.78, 5) is 0. The Kier molecular flexibility index (Phi) is 5.24. The molecule has 0 nitrogen and oxygen atoms in total. The summed E-state index contributed by atoms with van der Waals surface area (Å²) in [5.41, 5.74) is 7.51. The Balaban J connectivity index is 1.39. The number of hydrogen-bond acceptors (Lipinski definition) is 0. The fourth-order valence-electron chi connectivity index (χ4n) is 6.32. The van der Waals surface area contributed by atoms with Crippen LogP contribution in [0.2, 0.25) is 0 Å². The Hall–Kier alpha value is -5.20. The quantitative estimate of drug-likeness (QED) is 0.209. The molecule has 0 atom stereocenters. The largest absolute Gasteiger partial charge is 0.0616 e. The van der Waals surface area contributed by atoms with E-state index in [4.69, 9.17) is 0 Å². The van der Waals surface area contributed by atoms with Crippen LogP contribution in [0.4, 0.5) is 0 Å². The zero-order chi connectivity index (χ0) is 26.5. The minimum atomic E-state index is 1.23. The normalized spacial score (nSPS) is 11.5. The third kappa shape index (κ3) is 3.69. The Bertz CT molecular complexity index is 2210. The number of fused-ring (bicyclic) bond motifs is 5. The van der Waals surface area contributed by atoms with Gasteiger partial charge in [-0.25, -0.2) is 0 Å². The summed E-state index contributed by atoms with van der Waals surface area (Å²) in [5.74, 6) is 0. The van der Waals surface area contributed by atoms with Crippen LogP contribution in [-0.2, 0) is 0 Å². The van der Waals surface area contributed by atoms with E-state index in [0.717, 1.165) is 0 Å². The average molecular weight is 507 g/mol. The van der Waals surface area contributed by atoms with Crippen molar-refractivity contribution in [2.75, 3.05) is 0 Å². The van der Waals surface area contributed by atoms with Gasteiger partial charge in [-0.1, -0.05) is 140 Å². The van der Waals surface area contributed by atoms with Gasteiger partial charge in [-0.3, -0.25) is 0 Å². The molecule has 0 heteroatoms. The monoisotopic (exact) mass is 506 g/mol. The van der Waals surface area contributed by atoms with E-state index in [1.807, 2.05) is 0 Å². The van der Waals surface area contributed by atoms with Gasteiger partial charge in [0.2, 0.25) is 0 Å². The molecule has 186 valence electrons. The van der Waals surface area contributed by atoms with E-state index in [2.05, 4.69) is 158 Å². The Labute approximate surface area is 233 Å². The molecule has 8 aromatic carbocycles. The minimum absolute atomic E-state index is 1.23. The van der Waals surface area contributed by atoms with Crippen molar-refractivity contribution in [1.29, 1.82) is 0 Å². The number of benzene rings is 8. The van der Waals surface area contributed by atoms with Gasteiger partial charge >= 0.3 is 0 Å². The number of hydrogen-bond donors (Lipinski definition) is 0. The molecule has 0 heterocycles. The molecule has 8 rings (SSSR count). The molecule has 0 fully saturated rings. The summed E-state index contributed by atoms with van der Waals surface area (Å²) in [6, 6.07) is 57.6. The summed E-state index contributed by atoms with van der Waals surface area (Å²) in [7, 11) is 0. The Morgan fingerprint density at radius 2 is 0.825 bits per heavy atom.